The molecule has 0 saturated heterocycles. The van der Waals surface area contributed by atoms with Gasteiger partial charge in [0.25, 0.3) is 0 Å². The lowest BCUT2D eigenvalue weighted by molar-refractivity contribution is 0.503. The van der Waals surface area contributed by atoms with Crippen LogP contribution in [0.3, 0.4) is 0 Å². The molecule has 0 radical (unpaired) electrons. The summed E-state index contributed by atoms with van der Waals surface area (Å²) in [6.45, 7) is 15.0. The van der Waals surface area contributed by atoms with Gasteiger partial charge in [-0.15, -0.1) is 5.10 Å². The van der Waals surface area contributed by atoms with E-state index in [4.69, 9.17) is 0 Å². The fourth-order valence-electron chi connectivity index (χ4n) is 2.72. The highest BCUT2D eigenvalue weighted by atomic mass is 19.1. The van der Waals surface area contributed by atoms with E-state index in [0.29, 0.717) is 5.69 Å². The maximum atomic E-state index is 13.1. The highest BCUT2D eigenvalue weighted by Gasteiger charge is 2.30. The van der Waals surface area contributed by atoms with Crippen molar-refractivity contribution in [2.45, 2.75) is 59.3 Å². The molecule has 2 aromatic heterocycles. The van der Waals surface area contributed by atoms with Crippen molar-refractivity contribution in [3.63, 3.8) is 0 Å². The van der Waals surface area contributed by atoms with Crippen molar-refractivity contribution < 1.29 is 4.39 Å². The molecule has 0 atom stereocenters. The van der Waals surface area contributed by atoms with E-state index in [0.717, 1.165) is 17.0 Å². The number of pyridine rings is 1. The first-order valence-electron chi connectivity index (χ1n) is 7.52. The summed E-state index contributed by atoms with van der Waals surface area (Å²) < 4.78 is 13.1. The van der Waals surface area contributed by atoms with Crippen LogP contribution in [0.2, 0.25) is 0 Å². The molecule has 0 unspecified atom stereocenters. The topological polar surface area (TPSA) is 38.7 Å². The van der Waals surface area contributed by atoms with E-state index in [2.05, 4.69) is 56.7 Å². The average molecular weight is 301 g/mol. The highest BCUT2D eigenvalue weighted by molar-refractivity contribution is 5.61. The zero-order chi connectivity index (χ0) is 16.7. The monoisotopic (exact) mass is 301 g/mol. The largest absolute Gasteiger partial charge is 0.251 e. The number of rotatable bonds is 1. The second-order valence-electron chi connectivity index (χ2n) is 7.76. The molecular formula is C18H24FN3. The molecule has 2 heterocycles. The van der Waals surface area contributed by atoms with E-state index in [1.165, 1.54) is 17.8 Å². The number of nitrogens with zero attached hydrogens (tertiary/aromatic N) is 3. The Morgan fingerprint density at radius 1 is 0.909 bits per heavy atom. The molecule has 0 spiro atoms. The molecule has 0 N–H and O–H groups in total. The SMILES string of the molecule is Cc1c(-c2ccc(F)cn2)nnc(C(C)(C)C)c1C(C)(C)C. The predicted molar refractivity (Wildman–Crippen MR) is 87.4 cm³/mol. The fourth-order valence-corrected chi connectivity index (χ4v) is 2.72. The maximum Gasteiger partial charge on any atom is 0.141 e. The van der Waals surface area contributed by atoms with E-state index in [1.807, 2.05) is 6.92 Å². The zero-order valence-corrected chi connectivity index (χ0v) is 14.5. The maximum absolute atomic E-state index is 13.1. The smallest absolute Gasteiger partial charge is 0.141 e. The minimum absolute atomic E-state index is 0.0581. The number of hydrogen-bond donors (Lipinski definition) is 0. The van der Waals surface area contributed by atoms with Crippen molar-refractivity contribution in [3.05, 3.63) is 41.0 Å². The standard InChI is InChI=1S/C18H24FN3/c1-11-14(17(2,3)4)16(18(5,6)7)22-21-15(11)13-9-8-12(19)10-20-13/h8-10H,1-7H3. The lowest BCUT2D eigenvalue weighted by atomic mass is 9.76. The van der Waals surface area contributed by atoms with Crippen LogP contribution in [-0.4, -0.2) is 15.2 Å². The van der Waals surface area contributed by atoms with E-state index in [1.54, 1.807) is 6.07 Å². The third-order valence-corrected chi connectivity index (χ3v) is 3.65. The Hall–Kier alpha value is -1.84. The quantitative estimate of drug-likeness (QED) is 0.773. The van der Waals surface area contributed by atoms with Crippen LogP contribution in [0.1, 0.15) is 58.4 Å². The summed E-state index contributed by atoms with van der Waals surface area (Å²) in [5.74, 6) is -0.350. The number of aromatic nitrogens is 3. The van der Waals surface area contributed by atoms with Crippen LogP contribution in [0.4, 0.5) is 4.39 Å². The van der Waals surface area contributed by atoms with Gasteiger partial charge >= 0.3 is 0 Å². The minimum Gasteiger partial charge on any atom is -0.251 e. The summed E-state index contributed by atoms with van der Waals surface area (Å²) in [7, 11) is 0. The molecule has 3 nitrogen and oxygen atoms in total. The number of halogens is 1. The van der Waals surface area contributed by atoms with Gasteiger partial charge in [0.2, 0.25) is 0 Å². The molecule has 2 aromatic rings. The Kier molecular flexibility index (Phi) is 4.07. The molecule has 0 aliphatic carbocycles. The van der Waals surface area contributed by atoms with E-state index in [-0.39, 0.29) is 16.6 Å². The molecule has 0 bridgehead atoms. The Labute approximate surface area is 132 Å². The summed E-state index contributed by atoms with van der Waals surface area (Å²) in [6, 6.07) is 3.05. The Morgan fingerprint density at radius 2 is 1.55 bits per heavy atom. The zero-order valence-electron chi connectivity index (χ0n) is 14.5. The van der Waals surface area contributed by atoms with E-state index < -0.39 is 0 Å². The third kappa shape index (κ3) is 3.16. The lowest BCUT2D eigenvalue weighted by Gasteiger charge is -2.30. The van der Waals surface area contributed by atoms with Crippen molar-refractivity contribution >= 4 is 0 Å². The van der Waals surface area contributed by atoms with Crippen LogP contribution in [0, 0.1) is 12.7 Å². The molecule has 0 aliphatic heterocycles. The van der Waals surface area contributed by atoms with E-state index in [9.17, 15) is 4.39 Å². The first kappa shape index (κ1) is 16.5. The van der Waals surface area contributed by atoms with Gasteiger partial charge in [0.1, 0.15) is 11.5 Å². The van der Waals surface area contributed by atoms with Crippen LogP contribution >= 0.6 is 0 Å². The molecule has 2 rings (SSSR count). The summed E-state index contributed by atoms with van der Waals surface area (Å²) in [4.78, 5) is 4.15. The Morgan fingerprint density at radius 3 is 2.00 bits per heavy atom. The molecule has 4 heteroatoms. The first-order valence-corrected chi connectivity index (χ1v) is 7.52. The highest BCUT2D eigenvalue weighted by Crippen LogP contribution is 2.37. The second-order valence-corrected chi connectivity index (χ2v) is 7.76. The summed E-state index contributed by atoms with van der Waals surface area (Å²) in [5, 5.41) is 8.88. The van der Waals surface area contributed by atoms with Gasteiger partial charge in [-0.1, -0.05) is 41.5 Å². The average Bonchev–Trinajstić information content (AvgIpc) is 2.37. The van der Waals surface area contributed by atoms with Crippen LogP contribution in [0.25, 0.3) is 11.4 Å². The van der Waals surface area contributed by atoms with Crippen molar-refractivity contribution in [2.24, 2.45) is 0 Å². The van der Waals surface area contributed by atoms with Gasteiger partial charge in [0.15, 0.2) is 0 Å². The fraction of sp³-hybridized carbons (Fsp3) is 0.500. The van der Waals surface area contributed by atoms with Crippen molar-refractivity contribution in [2.75, 3.05) is 0 Å². The van der Waals surface area contributed by atoms with E-state index >= 15 is 0 Å². The minimum atomic E-state index is -0.350. The predicted octanol–water partition coefficient (Wildman–Crippen LogP) is 4.58. The molecule has 0 aromatic carbocycles. The Balaban J connectivity index is 2.73. The summed E-state index contributed by atoms with van der Waals surface area (Å²) >= 11 is 0. The molecular weight excluding hydrogens is 277 g/mol. The Bertz CT molecular complexity index is 677. The van der Waals surface area contributed by atoms with Gasteiger partial charge in [0.05, 0.1) is 17.6 Å². The second kappa shape index (κ2) is 5.41. The molecule has 0 aliphatic rings. The lowest BCUT2D eigenvalue weighted by Crippen LogP contribution is -2.26. The molecule has 118 valence electrons. The normalized spacial score (nSPS) is 12.5. The third-order valence-electron chi connectivity index (χ3n) is 3.65. The van der Waals surface area contributed by atoms with Gasteiger partial charge in [-0.25, -0.2) is 4.39 Å². The molecule has 0 amide bonds. The van der Waals surface area contributed by atoms with Crippen molar-refractivity contribution in [1.29, 1.82) is 0 Å². The molecule has 22 heavy (non-hydrogen) atoms. The first-order chi connectivity index (χ1) is 10.0. The molecule has 0 fully saturated rings. The molecule has 0 saturated carbocycles. The van der Waals surface area contributed by atoms with Crippen LogP contribution in [0.15, 0.2) is 18.3 Å². The van der Waals surface area contributed by atoms with Gasteiger partial charge in [0, 0.05) is 5.41 Å². The number of hydrogen-bond acceptors (Lipinski definition) is 3. The van der Waals surface area contributed by atoms with Gasteiger partial charge in [-0.05, 0) is 35.6 Å². The van der Waals surface area contributed by atoms with Gasteiger partial charge in [-0.2, -0.15) is 5.10 Å². The van der Waals surface area contributed by atoms with Crippen LogP contribution in [0.5, 0.6) is 0 Å². The van der Waals surface area contributed by atoms with Gasteiger partial charge < -0.3 is 0 Å². The van der Waals surface area contributed by atoms with Crippen molar-refractivity contribution in [1.82, 2.24) is 15.2 Å². The van der Waals surface area contributed by atoms with Crippen LogP contribution < -0.4 is 0 Å². The van der Waals surface area contributed by atoms with Crippen LogP contribution in [-0.2, 0) is 10.8 Å². The summed E-state index contributed by atoms with van der Waals surface area (Å²) in [5.41, 5.74) is 4.48. The van der Waals surface area contributed by atoms with Gasteiger partial charge in [-0.3, -0.25) is 4.98 Å². The van der Waals surface area contributed by atoms with Crippen molar-refractivity contribution in [3.8, 4) is 11.4 Å². The summed E-state index contributed by atoms with van der Waals surface area (Å²) in [6.07, 6.45) is 1.21.